The molecule has 1 saturated heterocycles. The van der Waals surface area contributed by atoms with Crippen LogP contribution in [0.15, 0.2) is 24.5 Å². The van der Waals surface area contributed by atoms with Crippen LogP contribution in [0.2, 0.25) is 0 Å². The number of carbonyl (C=O) groups is 2. The zero-order valence-electron chi connectivity index (χ0n) is 15.6. The molecule has 7 nitrogen and oxygen atoms in total. The van der Waals surface area contributed by atoms with E-state index < -0.39 is 5.60 Å². The molecule has 1 aliphatic heterocycles. The highest BCUT2D eigenvalue weighted by Gasteiger charge is 2.56. The molecule has 26 heavy (non-hydrogen) atoms. The Labute approximate surface area is 154 Å². The number of nitrogens with one attached hydrogen (secondary N) is 1. The summed E-state index contributed by atoms with van der Waals surface area (Å²) < 4.78 is 10.8. The highest BCUT2D eigenvalue weighted by atomic mass is 16.6. The number of ether oxygens (including phenoxy) is 2. The lowest BCUT2D eigenvalue weighted by molar-refractivity contribution is -0.123. The van der Waals surface area contributed by atoms with Crippen molar-refractivity contribution in [2.75, 3.05) is 26.2 Å². The van der Waals surface area contributed by atoms with Crippen LogP contribution < -0.4 is 10.1 Å². The second kappa shape index (κ2) is 7.51. The second-order valence-corrected chi connectivity index (χ2v) is 7.99. The van der Waals surface area contributed by atoms with Gasteiger partial charge in [0.25, 0.3) is 5.91 Å². The Morgan fingerprint density at radius 2 is 2.04 bits per heavy atom. The van der Waals surface area contributed by atoms with Crippen LogP contribution in [-0.4, -0.2) is 53.7 Å². The van der Waals surface area contributed by atoms with E-state index in [1.807, 2.05) is 20.8 Å². The predicted molar refractivity (Wildman–Crippen MR) is 95.6 cm³/mol. The fourth-order valence-electron chi connectivity index (χ4n) is 3.56. The molecule has 0 aromatic carbocycles. The molecule has 1 aliphatic carbocycles. The van der Waals surface area contributed by atoms with Crippen molar-refractivity contribution in [2.24, 2.45) is 17.8 Å². The van der Waals surface area contributed by atoms with Gasteiger partial charge in [0.1, 0.15) is 11.4 Å². The summed E-state index contributed by atoms with van der Waals surface area (Å²) in [6.45, 7) is 7.81. The van der Waals surface area contributed by atoms with Crippen molar-refractivity contribution < 1.29 is 19.1 Å². The van der Waals surface area contributed by atoms with Crippen molar-refractivity contribution in [2.45, 2.75) is 32.8 Å². The Morgan fingerprint density at radius 3 is 2.65 bits per heavy atom. The van der Waals surface area contributed by atoms with Gasteiger partial charge in [-0.2, -0.15) is 0 Å². The number of nitrogens with zero attached hydrogens (tertiary/aromatic N) is 2. The van der Waals surface area contributed by atoms with Crippen LogP contribution in [0.5, 0.6) is 5.75 Å². The Balaban J connectivity index is 1.29. The maximum absolute atomic E-state index is 12.1. The van der Waals surface area contributed by atoms with Gasteiger partial charge in [-0.15, -0.1) is 0 Å². The van der Waals surface area contributed by atoms with Crippen LogP contribution in [0.4, 0.5) is 4.79 Å². The molecule has 2 aliphatic rings. The van der Waals surface area contributed by atoms with Crippen LogP contribution in [0.1, 0.15) is 27.2 Å². The summed E-state index contributed by atoms with van der Waals surface area (Å²) in [6, 6.07) is 3.53. The van der Waals surface area contributed by atoms with Crippen molar-refractivity contribution in [1.82, 2.24) is 15.2 Å². The molecular weight excluding hydrogens is 334 g/mol. The number of carbonyl (C=O) groups excluding carboxylic acids is 2. The van der Waals surface area contributed by atoms with E-state index in [0.717, 1.165) is 19.5 Å². The summed E-state index contributed by atoms with van der Waals surface area (Å²) in [5.74, 6) is 2.14. The topological polar surface area (TPSA) is 80.8 Å². The van der Waals surface area contributed by atoms with E-state index >= 15 is 0 Å². The smallest absolute Gasteiger partial charge is 0.410 e. The average molecular weight is 361 g/mol. The number of amides is 2. The van der Waals surface area contributed by atoms with Crippen molar-refractivity contribution in [1.29, 1.82) is 0 Å². The maximum Gasteiger partial charge on any atom is 0.410 e. The third-order valence-corrected chi connectivity index (χ3v) is 4.83. The van der Waals surface area contributed by atoms with Crippen molar-refractivity contribution in [3.63, 3.8) is 0 Å². The SMILES string of the molecule is CC(C)(C)OC(=O)N1C[C@@H]2C(CCNC(=O)COc3cccnc3)[C@@H]2C1. The van der Waals surface area contributed by atoms with E-state index in [0.29, 0.717) is 30.0 Å². The number of fused-ring (bicyclic) bond motifs is 1. The quantitative estimate of drug-likeness (QED) is 0.839. The lowest BCUT2D eigenvalue weighted by Crippen LogP contribution is -2.37. The van der Waals surface area contributed by atoms with Gasteiger partial charge in [-0.3, -0.25) is 9.78 Å². The first-order chi connectivity index (χ1) is 12.3. The number of pyridine rings is 1. The molecule has 1 saturated carbocycles. The van der Waals surface area contributed by atoms with Crippen molar-refractivity contribution in [3.8, 4) is 5.75 Å². The van der Waals surface area contributed by atoms with Gasteiger partial charge < -0.3 is 19.7 Å². The van der Waals surface area contributed by atoms with E-state index in [4.69, 9.17) is 9.47 Å². The van der Waals surface area contributed by atoms with Crippen molar-refractivity contribution >= 4 is 12.0 Å². The first-order valence-corrected chi connectivity index (χ1v) is 9.11. The fraction of sp³-hybridized carbons (Fsp3) is 0.632. The van der Waals surface area contributed by atoms with Gasteiger partial charge in [0.05, 0.1) is 6.20 Å². The van der Waals surface area contributed by atoms with Crippen LogP contribution >= 0.6 is 0 Å². The summed E-state index contributed by atoms with van der Waals surface area (Å²) in [4.78, 5) is 29.6. The summed E-state index contributed by atoms with van der Waals surface area (Å²) in [5, 5.41) is 2.89. The standard InChI is InChI=1S/C19H27N3O4/c1-19(2,3)26-18(24)22-10-15-14(16(15)11-22)6-8-21-17(23)12-25-13-5-4-7-20-9-13/h4-5,7,9,14-16H,6,8,10-12H2,1-3H3,(H,21,23)/t14?,15-,16+. The highest BCUT2D eigenvalue weighted by molar-refractivity contribution is 5.77. The van der Waals surface area contributed by atoms with Gasteiger partial charge >= 0.3 is 6.09 Å². The molecule has 1 aromatic heterocycles. The number of rotatable bonds is 6. The van der Waals surface area contributed by atoms with Crippen LogP contribution in [0.3, 0.4) is 0 Å². The molecule has 2 heterocycles. The Morgan fingerprint density at radius 1 is 1.31 bits per heavy atom. The molecule has 3 rings (SSSR count). The van der Waals surface area contributed by atoms with Crippen LogP contribution in [0.25, 0.3) is 0 Å². The lowest BCUT2D eigenvalue weighted by Gasteiger charge is -2.25. The van der Waals surface area contributed by atoms with Crippen LogP contribution in [0, 0.1) is 17.8 Å². The maximum atomic E-state index is 12.1. The number of piperidine rings is 1. The zero-order chi connectivity index (χ0) is 18.7. The molecule has 7 heteroatoms. The normalized spacial score (nSPS) is 24.0. The molecule has 0 radical (unpaired) electrons. The Hall–Kier alpha value is -2.31. The van der Waals surface area contributed by atoms with Gasteiger partial charge in [0.15, 0.2) is 6.61 Å². The minimum absolute atomic E-state index is 0.00433. The molecule has 0 spiro atoms. The third-order valence-electron chi connectivity index (χ3n) is 4.83. The number of aromatic nitrogens is 1. The van der Waals surface area contributed by atoms with E-state index in [1.165, 1.54) is 0 Å². The molecule has 142 valence electrons. The van der Waals surface area contributed by atoms with Gasteiger partial charge in [-0.25, -0.2) is 4.79 Å². The minimum Gasteiger partial charge on any atom is -0.482 e. The number of hydrogen-bond donors (Lipinski definition) is 1. The molecule has 1 aromatic rings. The molecule has 2 fully saturated rings. The largest absolute Gasteiger partial charge is 0.482 e. The van der Waals surface area contributed by atoms with Crippen LogP contribution in [-0.2, 0) is 9.53 Å². The van der Waals surface area contributed by atoms with E-state index in [1.54, 1.807) is 29.4 Å². The molecule has 1 unspecified atom stereocenters. The molecule has 1 N–H and O–H groups in total. The van der Waals surface area contributed by atoms with E-state index in [9.17, 15) is 9.59 Å². The molecule has 0 bridgehead atoms. The summed E-state index contributed by atoms with van der Waals surface area (Å²) >= 11 is 0. The Bertz CT molecular complexity index is 632. The first kappa shape index (κ1) is 18.5. The van der Waals surface area contributed by atoms with Gasteiger partial charge in [0, 0.05) is 25.8 Å². The summed E-state index contributed by atoms with van der Waals surface area (Å²) in [7, 11) is 0. The Kier molecular flexibility index (Phi) is 5.34. The predicted octanol–water partition coefficient (Wildman–Crippen LogP) is 2.08. The molecular formula is C19H27N3O4. The first-order valence-electron chi connectivity index (χ1n) is 9.11. The second-order valence-electron chi connectivity index (χ2n) is 7.99. The van der Waals surface area contributed by atoms with Crippen molar-refractivity contribution in [3.05, 3.63) is 24.5 Å². The minimum atomic E-state index is -0.453. The van der Waals surface area contributed by atoms with Gasteiger partial charge in [0.2, 0.25) is 0 Å². The molecule has 2 amide bonds. The zero-order valence-corrected chi connectivity index (χ0v) is 15.6. The fourth-order valence-corrected chi connectivity index (χ4v) is 3.56. The number of hydrogen-bond acceptors (Lipinski definition) is 5. The van der Waals surface area contributed by atoms with Gasteiger partial charge in [-0.05, 0) is 57.1 Å². The average Bonchev–Trinajstić information content (AvgIpc) is 3.02. The monoisotopic (exact) mass is 361 g/mol. The molecule has 3 atom stereocenters. The number of likely N-dealkylation sites (tertiary alicyclic amines) is 1. The van der Waals surface area contributed by atoms with E-state index in [2.05, 4.69) is 10.3 Å². The summed E-state index contributed by atoms with van der Waals surface area (Å²) in [6.07, 6.45) is 3.96. The lowest BCUT2D eigenvalue weighted by atomic mass is 10.2. The third kappa shape index (κ3) is 4.86. The van der Waals surface area contributed by atoms with Gasteiger partial charge in [-0.1, -0.05) is 0 Å². The van der Waals surface area contributed by atoms with E-state index in [-0.39, 0.29) is 18.6 Å². The summed E-state index contributed by atoms with van der Waals surface area (Å²) in [5.41, 5.74) is -0.453. The highest BCUT2D eigenvalue weighted by Crippen LogP contribution is 2.53.